The van der Waals surface area contributed by atoms with Gasteiger partial charge in [0, 0.05) is 30.0 Å². The number of nitrogens with one attached hydrogen (secondary N) is 1. The van der Waals surface area contributed by atoms with E-state index in [1.54, 1.807) is 30.2 Å². The first-order valence-electron chi connectivity index (χ1n) is 11.6. The van der Waals surface area contributed by atoms with Gasteiger partial charge in [-0.15, -0.1) is 10.2 Å². The Bertz CT molecular complexity index is 1150. The van der Waals surface area contributed by atoms with Crippen molar-refractivity contribution in [3.05, 3.63) is 84.2 Å². The largest absolute Gasteiger partial charge is 0.445 e. The van der Waals surface area contributed by atoms with E-state index < -0.39 is 12.4 Å². The predicted octanol–water partition coefficient (Wildman–Crippen LogP) is 4.63. The van der Waals surface area contributed by atoms with Gasteiger partial charge < -0.3 is 23.9 Å². The molecule has 3 aromatic rings. The van der Waals surface area contributed by atoms with Crippen molar-refractivity contribution in [3.63, 3.8) is 0 Å². The van der Waals surface area contributed by atoms with Gasteiger partial charge in [0.05, 0.1) is 18.8 Å². The van der Waals surface area contributed by atoms with Crippen molar-refractivity contribution in [2.75, 3.05) is 17.7 Å². The molecule has 0 bridgehead atoms. The van der Waals surface area contributed by atoms with Crippen LogP contribution in [-0.2, 0) is 27.9 Å². The minimum atomic E-state index is -0.601. The highest BCUT2D eigenvalue weighted by Crippen LogP contribution is 2.43. The summed E-state index contributed by atoms with van der Waals surface area (Å²) in [4.78, 5) is 11.8. The summed E-state index contributed by atoms with van der Waals surface area (Å²) in [6.45, 7) is 5.78. The maximum Gasteiger partial charge on any atom is 0.411 e. The van der Waals surface area contributed by atoms with Gasteiger partial charge in [0.2, 0.25) is 0 Å². The van der Waals surface area contributed by atoms with Gasteiger partial charge in [0.1, 0.15) is 12.9 Å². The van der Waals surface area contributed by atoms with Crippen LogP contribution in [0, 0.1) is 5.92 Å². The second kappa shape index (κ2) is 12.2. The first kappa shape index (κ1) is 25.9. The second-order valence-electron chi connectivity index (χ2n) is 8.49. The third kappa shape index (κ3) is 6.33. The fourth-order valence-corrected chi connectivity index (χ4v) is 4.93. The molecule has 2 heterocycles. The van der Waals surface area contributed by atoms with Crippen molar-refractivity contribution in [2.45, 2.75) is 37.2 Å². The molecular formula is C26H30N4O5S. The number of rotatable bonds is 9. The van der Waals surface area contributed by atoms with Gasteiger partial charge in [-0.2, -0.15) is 0 Å². The molecule has 1 saturated heterocycles. The number of thioether (sulfide) groups is 1. The lowest BCUT2D eigenvalue weighted by Crippen LogP contribution is -2.38. The lowest BCUT2D eigenvalue weighted by molar-refractivity contribution is -0.268. The quantitative estimate of drug-likeness (QED) is 0.317. The van der Waals surface area contributed by atoms with Crippen LogP contribution in [0.5, 0.6) is 0 Å². The molecule has 1 fully saturated rings. The van der Waals surface area contributed by atoms with Crippen molar-refractivity contribution in [2.24, 2.45) is 13.0 Å². The molecule has 0 unspecified atom stereocenters. The van der Waals surface area contributed by atoms with E-state index in [0.29, 0.717) is 11.4 Å². The van der Waals surface area contributed by atoms with Gasteiger partial charge >= 0.3 is 6.09 Å². The molecule has 4 atom stereocenters. The van der Waals surface area contributed by atoms with E-state index in [1.807, 2.05) is 48.0 Å². The minimum absolute atomic E-state index is 0.00836. The van der Waals surface area contributed by atoms with Crippen LogP contribution >= 0.6 is 11.8 Å². The zero-order valence-electron chi connectivity index (χ0n) is 20.2. The molecule has 0 spiro atoms. The van der Waals surface area contributed by atoms with E-state index in [9.17, 15) is 9.90 Å². The maximum atomic E-state index is 11.8. The predicted molar refractivity (Wildman–Crippen MR) is 136 cm³/mol. The Morgan fingerprint density at radius 2 is 1.92 bits per heavy atom. The fourth-order valence-electron chi connectivity index (χ4n) is 3.88. The first-order valence-corrected chi connectivity index (χ1v) is 12.6. The SMILES string of the molecule is C=CCOC(=O)Nc1ccc([C@H]2O[C@@H](CSc3nncn3C)[C@@H](C)[C@@H](c3ccc(CO)cc3)O2)cc1. The number of hydrogen-bond donors (Lipinski definition) is 2. The number of aromatic nitrogens is 3. The molecule has 10 heteroatoms. The van der Waals surface area contributed by atoms with Crippen LogP contribution < -0.4 is 5.32 Å². The molecule has 0 saturated carbocycles. The van der Waals surface area contributed by atoms with E-state index in [-0.39, 0.29) is 31.3 Å². The highest BCUT2D eigenvalue weighted by Gasteiger charge is 2.38. The molecule has 190 valence electrons. The number of carbonyl (C=O) groups excluding carboxylic acids is 1. The van der Waals surface area contributed by atoms with Gasteiger partial charge in [-0.05, 0) is 23.3 Å². The highest BCUT2D eigenvalue weighted by atomic mass is 32.2. The van der Waals surface area contributed by atoms with E-state index >= 15 is 0 Å². The number of aliphatic hydroxyl groups excluding tert-OH is 1. The summed E-state index contributed by atoms with van der Waals surface area (Å²) in [6.07, 6.45) is 1.69. The summed E-state index contributed by atoms with van der Waals surface area (Å²) in [5.74, 6) is 0.732. The Balaban J connectivity index is 1.52. The Hall–Kier alpha value is -3.18. The molecule has 0 aliphatic carbocycles. The maximum absolute atomic E-state index is 11.8. The molecular weight excluding hydrogens is 480 g/mol. The molecule has 1 aliphatic rings. The van der Waals surface area contributed by atoms with Crippen LogP contribution in [-0.4, -0.2) is 44.4 Å². The molecule has 0 radical (unpaired) electrons. The lowest BCUT2D eigenvalue weighted by Gasteiger charge is -2.41. The third-order valence-electron chi connectivity index (χ3n) is 5.93. The zero-order chi connectivity index (χ0) is 25.5. The normalized spacial score (nSPS) is 21.6. The zero-order valence-corrected chi connectivity index (χ0v) is 21.1. The summed E-state index contributed by atoms with van der Waals surface area (Å²) in [7, 11) is 1.91. The van der Waals surface area contributed by atoms with E-state index in [1.165, 1.54) is 6.08 Å². The molecule has 1 aliphatic heterocycles. The Morgan fingerprint density at radius 3 is 2.56 bits per heavy atom. The topological polar surface area (TPSA) is 108 Å². The van der Waals surface area contributed by atoms with Crippen LogP contribution in [0.15, 0.2) is 72.7 Å². The van der Waals surface area contributed by atoms with Crippen molar-refractivity contribution < 1.29 is 24.1 Å². The van der Waals surface area contributed by atoms with Gasteiger partial charge in [0.25, 0.3) is 0 Å². The van der Waals surface area contributed by atoms with Crippen LogP contribution in [0.2, 0.25) is 0 Å². The lowest BCUT2D eigenvalue weighted by atomic mass is 9.91. The molecule has 9 nitrogen and oxygen atoms in total. The van der Waals surface area contributed by atoms with E-state index in [0.717, 1.165) is 21.8 Å². The fraction of sp³-hybridized carbons (Fsp3) is 0.346. The van der Waals surface area contributed by atoms with Gasteiger partial charge in [-0.1, -0.05) is 67.7 Å². The van der Waals surface area contributed by atoms with Crippen molar-refractivity contribution >= 4 is 23.5 Å². The van der Waals surface area contributed by atoms with E-state index in [4.69, 9.17) is 14.2 Å². The summed E-state index contributed by atoms with van der Waals surface area (Å²) in [6, 6.07) is 15.1. The second-order valence-corrected chi connectivity index (χ2v) is 9.48. The number of aliphatic hydroxyl groups is 1. The van der Waals surface area contributed by atoms with Crippen LogP contribution in [0.1, 0.15) is 36.0 Å². The number of aryl methyl sites for hydroxylation is 1. The van der Waals surface area contributed by atoms with Crippen molar-refractivity contribution in [1.29, 1.82) is 0 Å². The Morgan fingerprint density at radius 1 is 1.19 bits per heavy atom. The summed E-state index contributed by atoms with van der Waals surface area (Å²) < 4.78 is 19.7. The van der Waals surface area contributed by atoms with Gasteiger partial charge in [-0.3, -0.25) is 5.32 Å². The smallest absolute Gasteiger partial charge is 0.411 e. The average Bonchev–Trinajstić information content (AvgIpc) is 3.32. The van der Waals surface area contributed by atoms with Gasteiger partial charge in [0.15, 0.2) is 11.4 Å². The molecule has 1 amide bonds. The summed E-state index contributed by atoms with van der Waals surface area (Å²) >= 11 is 1.59. The standard InChI is InChI=1S/C26H30N4O5S/c1-4-13-33-26(32)28-21-11-9-20(10-12-21)24-34-22(15-36-25-29-27-16-30(25)3)17(2)23(35-24)19-7-5-18(14-31)6-8-19/h4-12,16-17,22-24,31H,1,13-15H2,2-3H3,(H,28,32)/t17-,22+,23+,24+/m1/s1. The third-order valence-corrected chi connectivity index (χ3v) is 7.05. The Labute approximate surface area is 214 Å². The number of benzene rings is 2. The number of amides is 1. The van der Waals surface area contributed by atoms with Gasteiger partial charge in [-0.25, -0.2) is 4.79 Å². The van der Waals surface area contributed by atoms with Crippen molar-refractivity contribution in [1.82, 2.24) is 14.8 Å². The molecule has 4 rings (SSSR count). The number of hydrogen-bond acceptors (Lipinski definition) is 8. The van der Waals surface area contributed by atoms with Crippen molar-refractivity contribution in [3.8, 4) is 0 Å². The Kier molecular flexibility index (Phi) is 8.76. The number of nitrogens with zero attached hydrogens (tertiary/aromatic N) is 3. The van der Waals surface area contributed by atoms with Crippen LogP contribution in [0.3, 0.4) is 0 Å². The van der Waals surface area contributed by atoms with Crippen LogP contribution in [0.25, 0.3) is 0 Å². The highest BCUT2D eigenvalue weighted by molar-refractivity contribution is 7.99. The molecule has 1 aromatic heterocycles. The number of anilines is 1. The monoisotopic (exact) mass is 510 g/mol. The van der Waals surface area contributed by atoms with Crippen LogP contribution in [0.4, 0.5) is 10.5 Å². The minimum Gasteiger partial charge on any atom is -0.445 e. The first-order chi connectivity index (χ1) is 17.5. The number of carbonyl (C=O) groups is 1. The summed E-state index contributed by atoms with van der Waals surface area (Å²) in [5, 5.41) is 21.0. The average molecular weight is 511 g/mol. The number of ether oxygens (including phenoxy) is 3. The molecule has 36 heavy (non-hydrogen) atoms. The molecule has 2 N–H and O–H groups in total. The van der Waals surface area contributed by atoms with E-state index in [2.05, 4.69) is 29.0 Å². The molecule has 2 aromatic carbocycles. The summed E-state index contributed by atoms with van der Waals surface area (Å²) in [5.41, 5.74) is 3.30.